The Morgan fingerprint density at radius 3 is 2.72 bits per heavy atom. The number of halogens is 1. The van der Waals surface area contributed by atoms with E-state index in [1.807, 2.05) is 11.0 Å². The molecular weight excluding hydrogens is 319 g/mol. The summed E-state index contributed by atoms with van der Waals surface area (Å²) in [6, 6.07) is 6.57. The lowest BCUT2D eigenvalue weighted by Crippen LogP contribution is -2.60. The molecule has 1 aliphatic heterocycles. The van der Waals surface area contributed by atoms with Gasteiger partial charge in [-0.3, -0.25) is 9.89 Å². The zero-order chi connectivity index (χ0) is 17.4. The summed E-state index contributed by atoms with van der Waals surface area (Å²) in [6.07, 6.45) is 6.14. The fourth-order valence-electron chi connectivity index (χ4n) is 3.95. The van der Waals surface area contributed by atoms with E-state index >= 15 is 0 Å². The summed E-state index contributed by atoms with van der Waals surface area (Å²) in [7, 11) is 0. The summed E-state index contributed by atoms with van der Waals surface area (Å²) in [5.74, 6) is 0.144. The SMILES string of the molecule is NC1(C(=O)N2CCC(c3[nH]ncc3-c3cccc(F)c3)CC2)CCC1. The van der Waals surface area contributed by atoms with E-state index in [1.54, 1.807) is 12.3 Å². The lowest BCUT2D eigenvalue weighted by atomic mass is 9.76. The van der Waals surface area contributed by atoms with Crippen LogP contribution in [0, 0.1) is 5.82 Å². The maximum atomic E-state index is 13.5. The van der Waals surface area contributed by atoms with Gasteiger partial charge in [0.1, 0.15) is 5.82 Å². The molecule has 0 spiro atoms. The molecule has 2 aromatic rings. The molecule has 1 saturated carbocycles. The number of hydrogen-bond acceptors (Lipinski definition) is 3. The van der Waals surface area contributed by atoms with E-state index in [2.05, 4.69) is 10.2 Å². The molecule has 25 heavy (non-hydrogen) atoms. The zero-order valence-electron chi connectivity index (χ0n) is 14.2. The van der Waals surface area contributed by atoms with Gasteiger partial charge in [-0.15, -0.1) is 0 Å². The largest absolute Gasteiger partial charge is 0.341 e. The molecule has 1 aromatic heterocycles. The number of nitrogens with zero attached hydrogens (tertiary/aromatic N) is 2. The maximum Gasteiger partial charge on any atom is 0.242 e. The molecule has 0 unspecified atom stereocenters. The topological polar surface area (TPSA) is 75.0 Å². The van der Waals surface area contributed by atoms with Gasteiger partial charge in [-0.25, -0.2) is 4.39 Å². The highest BCUT2D eigenvalue weighted by Gasteiger charge is 2.43. The minimum Gasteiger partial charge on any atom is -0.341 e. The summed E-state index contributed by atoms with van der Waals surface area (Å²) in [5.41, 5.74) is 8.37. The Hall–Kier alpha value is -2.21. The molecule has 4 rings (SSSR count). The van der Waals surface area contributed by atoms with Gasteiger partial charge in [0.05, 0.1) is 11.7 Å². The molecule has 1 amide bonds. The van der Waals surface area contributed by atoms with E-state index in [-0.39, 0.29) is 11.7 Å². The van der Waals surface area contributed by atoms with Gasteiger partial charge in [-0.2, -0.15) is 5.10 Å². The Balaban J connectivity index is 1.47. The predicted octanol–water partition coefficient (Wildman–Crippen LogP) is 2.80. The number of carbonyl (C=O) groups is 1. The standard InChI is InChI=1S/C19H23FN4O/c20-15-4-1-3-14(11-15)16-12-22-23-17(16)13-5-9-24(10-6-13)18(25)19(21)7-2-8-19/h1,3-4,11-13H,2,5-10,21H2,(H,22,23). The molecule has 5 nitrogen and oxygen atoms in total. The molecule has 0 bridgehead atoms. The number of piperidine rings is 1. The van der Waals surface area contributed by atoms with E-state index in [1.165, 1.54) is 12.1 Å². The van der Waals surface area contributed by atoms with Gasteiger partial charge in [0, 0.05) is 30.3 Å². The first-order chi connectivity index (χ1) is 12.1. The fourth-order valence-corrected chi connectivity index (χ4v) is 3.95. The first-order valence-electron chi connectivity index (χ1n) is 8.94. The highest BCUT2D eigenvalue weighted by Crippen LogP contribution is 2.36. The van der Waals surface area contributed by atoms with Crippen LogP contribution in [-0.2, 0) is 4.79 Å². The number of likely N-dealkylation sites (tertiary alicyclic amines) is 1. The third-order valence-electron chi connectivity index (χ3n) is 5.67. The van der Waals surface area contributed by atoms with Crippen LogP contribution in [0.25, 0.3) is 11.1 Å². The van der Waals surface area contributed by atoms with Crippen molar-refractivity contribution in [3.05, 3.63) is 42.0 Å². The molecule has 6 heteroatoms. The summed E-state index contributed by atoms with van der Waals surface area (Å²) in [4.78, 5) is 14.5. The number of carbonyl (C=O) groups excluding carboxylic acids is 1. The summed E-state index contributed by atoms with van der Waals surface area (Å²) >= 11 is 0. The van der Waals surface area contributed by atoms with Crippen LogP contribution in [0.5, 0.6) is 0 Å². The number of H-pyrrole nitrogens is 1. The Labute approximate surface area is 146 Å². The van der Waals surface area contributed by atoms with Gasteiger partial charge in [0.2, 0.25) is 5.91 Å². The van der Waals surface area contributed by atoms with Crippen molar-refractivity contribution < 1.29 is 9.18 Å². The lowest BCUT2D eigenvalue weighted by Gasteiger charge is -2.42. The molecule has 0 atom stereocenters. The smallest absolute Gasteiger partial charge is 0.242 e. The monoisotopic (exact) mass is 342 g/mol. The predicted molar refractivity (Wildman–Crippen MR) is 93.3 cm³/mol. The van der Waals surface area contributed by atoms with Gasteiger partial charge in [-0.1, -0.05) is 12.1 Å². The molecular formula is C19H23FN4O. The van der Waals surface area contributed by atoms with Crippen molar-refractivity contribution in [1.82, 2.24) is 15.1 Å². The summed E-state index contributed by atoms with van der Waals surface area (Å²) in [6.45, 7) is 1.42. The van der Waals surface area contributed by atoms with Gasteiger partial charge < -0.3 is 10.6 Å². The minimum atomic E-state index is -0.618. The second-order valence-corrected chi connectivity index (χ2v) is 7.28. The van der Waals surface area contributed by atoms with Gasteiger partial charge >= 0.3 is 0 Å². The number of amides is 1. The highest BCUT2D eigenvalue weighted by molar-refractivity contribution is 5.87. The molecule has 3 N–H and O–H groups in total. The molecule has 132 valence electrons. The molecule has 2 fully saturated rings. The molecule has 1 aliphatic carbocycles. The second kappa shape index (κ2) is 6.26. The van der Waals surface area contributed by atoms with E-state index in [9.17, 15) is 9.18 Å². The van der Waals surface area contributed by atoms with E-state index in [0.29, 0.717) is 19.0 Å². The maximum absolute atomic E-state index is 13.5. The van der Waals surface area contributed by atoms with Crippen molar-refractivity contribution >= 4 is 5.91 Å². The van der Waals surface area contributed by atoms with Crippen LogP contribution in [0.15, 0.2) is 30.5 Å². The van der Waals surface area contributed by atoms with Gasteiger partial charge in [0.25, 0.3) is 0 Å². The first kappa shape index (κ1) is 16.3. The fraction of sp³-hybridized carbons (Fsp3) is 0.474. The Morgan fingerprint density at radius 2 is 2.08 bits per heavy atom. The van der Waals surface area contributed by atoms with Gasteiger partial charge in [-0.05, 0) is 49.8 Å². The van der Waals surface area contributed by atoms with Crippen LogP contribution in [0.2, 0.25) is 0 Å². The van der Waals surface area contributed by atoms with Crippen molar-refractivity contribution in [1.29, 1.82) is 0 Å². The van der Waals surface area contributed by atoms with E-state index in [0.717, 1.165) is 48.9 Å². The third kappa shape index (κ3) is 2.95. The molecule has 1 aromatic carbocycles. The second-order valence-electron chi connectivity index (χ2n) is 7.28. The number of rotatable bonds is 3. The molecule has 1 saturated heterocycles. The van der Waals surface area contributed by atoms with Crippen molar-refractivity contribution in [2.75, 3.05) is 13.1 Å². The van der Waals surface area contributed by atoms with Crippen molar-refractivity contribution in [3.63, 3.8) is 0 Å². The van der Waals surface area contributed by atoms with Crippen LogP contribution in [0.1, 0.15) is 43.7 Å². The van der Waals surface area contributed by atoms with Crippen molar-refractivity contribution in [2.24, 2.45) is 5.73 Å². The Bertz CT molecular complexity index is 775. The molecule has 2 heterocycles. The zero-order valence-corrected chi connectivity index (χ0v) is 14.2. The first-order valence-corrected chi connectivity index (χ1v) is 8.94. The third-order valence-corrected chi connectivity index (χ3v) is 5.67. The van der Waals surface area contributed by atoms with E-state index < -0.39 is 5.54 Å². The highest BCUT2D eigenvalue weighted by atomic mass is 19.1. The Morgan fingerprint density at radius 1 is 1.32 bits per heavy atom. The summed E-state index contributed by atoms with van der Waals surface area (Å²) in [5, 5.41) is 7.26. The van der Waals surface area contributed by atoms with Gasteiger partial charge in [0.15, 0.2) is 0 Å². The van der Waals surface area contributed by atoms with E-state index in [4.69, 9.17) is 5.73 Å². The van der Waals surface area contributed by atoms with Crippen molar-refractivity contribution in [2.45, 2.75) is 43.6 Å². The number of nitrogens with one attached hydrogen (secondary N) is 1. The summed E-state index contributed by atoms with van der Waals surface area (Å²) < 4.78 is 13.5. The number of aromatic amines is 1. The Kier molecular flexibility index (Phi) is 4.07. The molecule has 2 aliphatic rings. The van der Waals surface area contributed by atoms with Crippen LogP contribution >= 0.6 is 0 Å². The van der Waals surface area contributed by atoms with Crippen LogP contribution in [0.4, 0.5) is 4.39 Å². The number of hydrogen-bond donors (Lipinski definition) is 2. The number of benzene rings is 1. The average Bonchev–Trinajstić information content (AvgIpc) is 3.09. The quantitative estimate of drug-likeness (QED) is 0.901. The number of nitrogens with two attached hydrogens (primary N) is 1. The normalized spacial score (nSPS) is 20.3. The van der Waals surface area contributed by atoms with Crippen molar-refractivity contribution in [3.8, 4) is 11.1 Å². The van der Waals surface area contributed by atoms with Crippen LogP contribution in [0.3, 0.4) is 0 Å². The minimum absolute atomic E-state index is 0.104. The number of aromatic nitrogens is 2. The van der Waals surface area contributed by atoms with Crippen LogP contribution < -0.4 is 5.73 Å². The lowest BCUT2D eigenvalue weighted by molar-refractivity contribution is -0.141. The average molecular weight is 342 g/mol. The molecule has 0 radical (unpaired) electrons. The van der Waals surface area contributed by atoms with Crippen LogP contribution in [-0.4, -0.2) is 39.6 Å².